The fourth-order valence-electron chi connectivity index (χ4n) is 6.72. The SMILES string of the molecule is c1ccc(-c2cc(-c3ccccc3)nc(-n3c4ccccc4c4cc5c(cc43)sc3cc4sc6ccccc6c4cc35)n2)cc1. The molecule has 0 saturated carbocycles. The summed E-state index contributed by atoms with van der Waals surface area (Å²) in [6.07, 6.45) is 0. The van der Waals surface area contributed by atoms with Gasteiger partial charge in [0.25, 0.3) is 0 Å². The lowest BCUT2D eigenvalue weighted by Gasteiger charge is -2.11. The number of hydrogen-bond donors (Lipinski definition) is 0. The molecule has 0 unspecified atom stereocenters. The van der Waals surface area contributed by atoms with Gasteiger partial charge in [-0.25, -0.2) is 9.97 Å². The number of hydrogen-bond acceptors (Lipinski definition) is 4. The Labute approximate surface area is 266 Å². The van der Waals surface area contributed by atoms with Gasteiger partial charge < -0.3 is 0 Å². The van der Waals surface area contributed by atoms with Crippen LogP contribution in [0, 0.1) is 0 Å². The minimum Gasteiger partial charge on any atom is -0.278 e. The molecule has 10 rings (SSSR count). The van der Waals surface area contributed by atoms with Crippen molar-refractivity contribution in [2.75, 3.05) is 0 Å². The largest absolute Gasteiger partial charge is 0.278 e. The molecule has 0 radical (unpaired) electrons. The summed E-state index contributed by atoms with van der Waals surface area (Å²) in [5.41, 5.74) is 6.16. The summed E-state index contributed by atoms with van der Waals surface area (Å²) in [6, 6.07) is 49.8. The van der Waals surface area contributed by atoms with E-state index >= 15 is 0 Å². The van der Waals surface area contributed by atoms with E-state index in [9.17, 15) is 0 Å². The van der Waals surface area contributed by atoms with Crippen LogP contribution in [0.1, 0.15) is 0 Å². The lowest BCUT2D eigenvalue weighted by atomic mass is 10.1. The Morgan fingerprint density at radius 2 is 0.911 bits per heavy atom. The van der Waals surface area contributed by atoms with Crippen molar-refractivity contribution in [3.63, 3.8) is 0 Å². The van der Waals surface area contributed by atoms with Crippen LogP contribution in [0.2, 0.25) is 0 Å². The highest BCUT2D eigenvalue weighted by molar-refractivity contribution is 7.28. The van der Waals surface area contributed by atoms with E-state index in [4.69, 9.17) is 9.97 Å². The highest BCUT2D eigenvalue weighted by atomic mass is 32.1. The van der Waals surface area contributed by atoms with Crippen molar-refractivity contribution < 1.29 is 0 Å². The Morgan fingerprint density at radius 3 is 1.62 bits per heavy atom. The van der Waals surface area contributed by atoms with Gasteiger partial charge in [0.15, 0.2) is 0 Å². The Kier molecular flexibility index (Phi) is 5.32. The lowest BCUT2D eigenvalue weighted by Crippen LogP contribution is -2.03. The van der Waals surface area contributed by atoms with Crippen LogP contribution in [-0.2, 0) is 0 Å². The molecule has 210 valence electrons. The standard InChI is InChI=1S/C40H23N3S2/c1-3-11-24(12-4-1)32-21-33(25-13-5-2-6-14-25)42-40(41-32)43-34-17-9-7-15-26(34)28-19-30-31-20-29-27-16-8-10-18-36(27)44-38(29)23-39(31)45-37(30)22-35(28)43/h1-23H. The summed E-state index contributed by atoms with van der Waals surface area (Å²) in [7, 11) is 0. The van der Waals surface area contributed by atoms with Crippen molar-refractivity contribution in [3.05, 3.63) is 140 Å². The monoisotopic (exact) mass is 609 g/mol. The number of aromatic nitrogens is 3. The molecule has 0 aliphatic heterocycles. The van der Waals surface area contributed by atoms with Crippen molar-refractivity contribution >= 4 is 84.8 Å². The topological polar surface area (TPSA) is 30.7 Å². The van der Waals surface area contributed by atoms with E-state index in [-0.39, 0.29) is 0 Å². The molecule has 0 fully saturated rings. The second kappa shape index (κ2) is 9.57. The zero-order valence-corrected chi connectivity index (χ0v) is 25.6. The minimum atomic E-state index is 0.675. The third-order valence-electron chi connectivity index (χ3n) is 8.82. The van der Waals surface area contributed by atoms with Gasteiger partial charge in [0.2, 0.25) is 5.95 Å². The number of fused-ring (bicyclic) bond motifs is 9. The highest BCUT2D eigenvalue weighted by Crippen LogP contribution is 2.44. The number of thiophene rings is 2. The predicted octanol–water partition coefficient (Wildman–Crippen LogP) is 11.6. The van der Waals surface area contributed by atoms with E-state index in [1.165, 1.54) is 51.1 Å². The van der Waals surface area contributed by atoms with Crippen molar-refractivity contribution in [1.82, 2.24) is 14.5 Å². The van der Waals surface area contributed by atoms with Crippen molar-refractivity contribution in [2.45, 2.75) is 0 Å². The molecule has 0 atom stereocenters. The quantitative estimate of drug-likeness (QED) is 0.199. The maximum absolute atomic E-state index is 5.21. The molecule has 3 nitrogen and oxygen atoms in total. The van der Waals surface area contributed by atoms with Crippen LogP contribution >= 0.6 is 22.7 Å². The van der Waals surface area contributed by atoms with Gasteiger partial charge in [-0.1, -0.05) is 97.1 Å². The van der Waals surface area contributed by atoms with Crippen LogP contribution in [0.15, 0.2) is 140 Å². The van der Waals surface area contributed by atoms with E-state index < -0.39 is 0 Å². The van der Waals surface area contributed by atoms with Gasteiger partial charge in [0.05, 0.1) is 22.4 Å². The van der Waals surface area contributed by atoms with Crippen LogP contribution in [0.3, 0.4) is 0 Å². The molecule has 5 heteroatoms. The number of para-hydroxylation sites is 1. The van der Waals surface area contributed by atoms with Gasteiger partial charge in [-0.15, -0.1) is 22.7 Å². The average molecular weight is 610 g/mol. The Hall–Kier alpha value is -5.36. The molecular weight excluding hydrogens is 587 g/mol. The summed E-state index contributed by atoms with van der Waals surface area (Å²) in [5.74, 6) is 0.675. The molecule has 10 aromatic rings. The predicted molar refractivity (Wildman–Crippen MR) is 193 cm³/mol. The molecule has 0 aliphatic rings. The molecule has 0 spiro atoms. The first kappa shape index (κ1) is 25.0. The van der Waals surface area contributed by atoms with Crippen molar-refractivity contribution in [1.29, 1.82) is 0 Å². The van der Waals surface area contributed by atoms with Crippen LogP contribution < -0.4 is 0 Å². The Morgan fingerprint density at radius 1 is 0.378 bits per heavy atom. The molecule has 4 aromatic heterocycles. The summed E-state index contributed by atoms with van der Waals surface area (Å²) < 4.78 is 7.52. The first-order chi connectivity index (χ1) is 22.3. The van der Waals surface area contributed by atoms with Gasteiger partial charge in [-0.2, -0.15) is 0 Å². The van der Waals surface area contributed by atoms with Gasteiger partial charge in [0, 0.05) is 62.2 Å². The van der Waals surface area contributed by atoms with Gasteiger partial charge in [0.1, 0.15) is 0 Å². The van der Waals surface area contributed by atoms with E-state index in [0.717, 1.165) is 33.5 Å². The smallest absolute Gasteiger partial charge is 0.235 e. The fourth-order valence-corrected chi connectivity index (χ4v) is 9.06. The molecule has 0 N–H and O–H groups in total. The molecule has 0 saturated heterocycles. The number of rotatable bonds is 3. The Bertz CT molecular complexity index is 2700. The molecule has 45 heavy (non-hydrogen) atoms. The maximum Gasteiger partial charge on any atom is 0.235 e. The van der Waals surface area contributed by atoms with Crippen LogP contribution in [-0.4, -0.2) is 14.5 Å². The van der Waals surface area contributed by atoms with Crippen LogP contribution in [0.5, 0.6) is 0 Å². The third-order valence-corrected chi connectivity index (χ3v) is 11.1. The zero-order valence-electron chi connectivity index (χ0n) is 23.9. The van der Waals surface area contributed by atoms with Gasteiger partial charge in [-0.3, -0.25) is 4.57 Å². The van der Waals surface area contributed by atoms with Crippen molar-refractivity contribution in [2.24, 2.45) is 0 Å². The highest BCUT2D eigenvalue weighted by Gasteiger charge is 2.19. The summed E-state index contributed by atoms with van der Waals surface area (Å²) in [4.78, 5) is 10.4. The second-order valence-electron chi connectivity index (χ2n) is 11.4. The number of nitrogens with zero attached hydrogens (tertiary/aromatic N) is 3. The van der Waals surface area contributed by atoms with Crippen LogP contribution in [0.4, 0.5) is 0 Å². The summed E-state index contributed by atoms with van der Waals surface area (Å²) in [5, 5.41) is 7.70. The zero-order chi connectivity index (χ0) is 29.5. The number of benzene rings is 6. The van der Waals surface area contributed by atoms with Gasteiger partial charge >= 0.3 is 0 Å². The summed E-state index contributed by atoms with van der Waals surface area (Å²) in [6.45, 7) is 0. The van der Waals surface area contributed by atoms with E-state index in [2.05, 4.69) is 132 Å². The maximum atomic E-state index is 5.21. The summed E-state index contributed by atoms with van der Waals surface area (Å²) >= 11 is 3.75. The molecule has 4 heterocycles. The minimum absolute atomic E-state index is 0.675. The fraction of sp³-hybridized carbons (Fsp3) is 0. The van der Waals surface area contributed by atoms with E-state index in [1.807, 2.05) is 34.8 Å². The molecule has 0 amide bonds. The lowest BCUT2D eigenvalue weighted by molar-refractivity contribution is 0.996. The first-order valence-corrected chi connectivity index (χ1v) is 16.6. The average Bonchev–Trinajstić information content (AvgIpc) is 3.75. The molecular formula is C40H23N3S2. The molecule has 0 aliphatic carbocycles. The van der Waals surface area contributed by atoms with E-state index in [1.54, 1.807) is 0 Å². The first-order valence-electron chi connectivity index (χ1n) is 15.0. The molecule has 0 bridgehead atoms. The van der Waals surface area contributed by atoms with Crippen molar-refractivity contribution in [3.8, 4) is 28.5 Å². The van der Waals surface area contributed by atoms with Crippen LogP contribution in [0.25, 0.3) is 90.6 Å². The second-order valence-corrected chi connectivity index (χ2v) is 13.6. The molecule has 6 aromatic carbocycles. The van der Waals surface area contributed by atoms with Gasteiger partial charge in [-0.05, 0) is 42.5 Å². The third kappa shape index (κ3) is 3.81. The van der Waals surface area contributed by atoms with E-state index in [0.29, 0.717) is 5.95 Å². The Balaban J connectivity index is 1.28. The normalized spacial score (nSPS) is 12.0.